The topological polar surface area (TPSA) is 66.4 Å². The summed E-state index contributed by atoms with van der Waals surface area (Å²) < 4.78 is 0. The van der Waals surface area contributed by atoms with Gasteiger partial charge in [0.05, 0.1) is 0 Å². The van der Waals surface area contributed by atoms with Crippen molar-refractivity contribution < 1.29 is 14.7 Å². The molecule has 4 nitrogen and oxygen atoms in total. The van der Waals surface area contributed by atoms with Gasteiger partial charge in [0.25, 0.3) is 0 Å². The largest absolute Gasteiger partial charge is 0.480 e. The lowest BCUT2D eigenvalue weighted by Gasteiger charge is -2.00. The fourth-order valence-electron chi connectivity index (χ4n) is 0.468. The number of carboxylic acid groups (broad SMARTS) is 1. The van der Waals surface area contributed by atoms with Crippen molar-refractivity contribution in [1.82, 2.24) is 5.32 Å². The van der Waals surface area contributed by atoms with Crippen molar-refractivity contribution in [2.75, 3.05) is 12.3 Å². The predicted octanol–water partition coefficient (Wildman–Crippen LogP) is 3.42. The number of hydrogen-bond donors (Lipinski definition) is 2. The molecule has 0 fully saturated rings. The standard InChI is InChI=1S/C6H14S2.C4H7NO3.C2H6/c1-4-5-7-8-6(2)3;1-3(6)5-2-4(7)8;1-2/h6H,4-5H2,1-3H3;2H2,1H3,(H,5,6)(H,7,8);1-2H3. The highest BCUT2D eigenvalue weighted by Crippen LogP contribution is 2.26. The molecule has 6 heteroatoms. The summed E-state index contributed by atoms with van der Waals surface area (Å²) in [5.41, 5.74) is 0. The van der Waals surface area contributed by atoms with Gasteiger partial charge < -0.3 is 10.4 Å². The van der Waals surface area contributed by atoms with Gasteiger partial charge in [0.1, 0.15) is 6.54 Å². The van der Waals surface area contributed by atoms with Crippen LogP contribution in [0.4, 0.5) is 0 Å². The Kier molecular flexibility index (Phi) is 24.0. The van der Waals surface area contributed by atoms with Crippen LogP contribution in [0.15, 0.2) is 0 Å². The van der Waals surface area contributed by atoms with Crippen LogP contribution in [-0.2, 0) is 9.59 Å². The summed E-state index contributed by atoms with van der Waals surface area (Å²) in [6, 6.07) is 0. The molecule has 0 radical (unpaired) electrons. The minimum Gasteiger partial charge on any atom is -0.480 e. The van der Waals surface area contributed by atoms with E-state index in [2.05, 4.69) is 26.1 Å². The fraction of sp³-hybridized carbons (Fsp3) is 0.833. The van der Waals surface area contributed by atoms with Gasteiger partial charge in [-0.3, -0.25) is 9.59 Å². The lowest BCUT2D eigenvalue weighted by Crippen LogP contribution is -2.26. The highest BCUT2D eigenvalue weighted by molar-refractivity contribution is 8.76. The lowest BCUT2D eigenvalue weighted by molar-refractivity contribution is -0.137. The Morgan fingerprint density at radius 1 is 1.28 bits per heavy atom. The molecule has 18 heavy (non-hydrogen) atoms. The third kappa shape index (κ3) is 36.1. The number of carbonyl (C=O) groups is 2. The van der Waals surface area contributed by atoms with E-state index >= 15 is 0 Å². The first-order valence-corrected chi connectivity index (χ1v) is 8.52. The Bertz CT molecular complexity index is 186. The number of carboxylic acids is 1. The van der Waals surface area contributed by atoms with Gasteiger partial charge in [-0.2, -0.15) is 0 Å². The molecule has 0 bridgehead atoms. The maximum atomic E-state index is 9.97. The second kappa shape index (κ2) is 19.0. The van der Waals surface area contributed by atoms with E-state index in [9.17, 15) is 9.59 Å². The van der Waals surface area contributed by atoms with Crippen LogP contribution in [0.1, 0.15) is 48.0 Å². The molecule has 0 heterocycles. The van der Waals surface area contributed by atoms with Crippen LogP contribution in [0.2, 0.25) is 0 Å². The van der Waals surface area contributed by atoms with Crippen LogP contribution in [0.3, 0.4) is 0 Å². The molecular weight excluding hydrogens is 270 g/mol. The number of nitrogens with one attached hydrogen (secondary N) is 1. The van der Waals surface area contributed by atoms with Gasteiger partial charge >= 0.3 is 5.97 Å². The zero-order valence-electron chi connectivity index (χ0n) is 12.3. The minimum atomic E-state index is -1.03. The lowest BCUT2D eigenvalue weighted by atomic mass is 10.6. The SMILES string of the molecule is CC.CC(=O)NCC(=O)O.CCCSSC(C)C. The van der Waals surface area contributed by atoms with E-state index in [0.29, 0.717) is 0 Å². The van der Waals surface area contributed by atoms with E-state index in [0.717, 1.165) is 5.25 Å². The molecule has 0 saturated carbocycles. The van der Waals surface area contributed by atoms with Crippen LogP contribution < -0.4 is 5.32 Å². The first-order chi connectivity index (χ1) is 8.40. The van der Waals surface area contributed by atoms with Gasteiger partial charge in [0, 0.05) is 17.9 Å². The molecule has 0 aliphatic rings. The average Bonchev–Trinajstić information content (AvgIpc) is 2.30. The molecule has 0 unspecified atom stereocenters. The van der Waals surface area contributed by atoms with Gasteiger partial charge in [-0.25, -0.2) is 0 Å². The number of rotatable bonds is 6. The van der Waals surface area contributed by atoms with Gasteiger partial charge in [0.2, 0.25) is 5.91 Å². The van der Waals surface area contributed by atoms with Crippen molar-refractivity contribution in [2.45, 2.75) is 53.2 Å². The molecule has 0 spiro atoms. The summed E-state index contributed by atoms with van der Waals surface area (Å²) >= 11 is 0. The third-order valence-electron chi connectivity index (χ3n) is 1.04. The Morgan fingerprint density at radius 3 is 2.00 bits per heavy atom. The predicted molar refractivity (Wildman–Crippen MR) is 83.1 cm³/mol. The summed E-state index contributed by atoms with van der Waals surface area (Å²) in [6.07, 6.45) is 1.30. The van der Waals surface area contributed by atoms with E-state index in [-0.39, 0.29) is 12.5 Å². The average molecular weight is 297 g/mol. The quantitative estimate of drug-likeness (QED) is 0.581. The number of amides is 1. The van der Waals surface area contributed by atoms with Gasteiger partial charge in [0.15, 0.2) is 0 Å². The molecule has 0 aliphatic heterocycles. The van der Waals surface area contributed by atoms with Crippen molar-refractivity contribution in [3.05, 3.63) is 0 Å². The van der Waals surface area contributed by atoms with Crippen LogP contribution in [-0.4, -0.2) is 34.5 Å². The Morgan fingerprint density at radius 2 is 1.78 bits per heavy atom. The minimum absolute atomic E-state index is 0.296. The van der Waals surface area contributed by atoms with Gasteiger partial charge in [-0.1, -0.05) is 56.2 Å². The molecule has 110 valence electrons. The third-order valence-corrected chi connectivity index (χ3v) is 4.20. The molecule has 0 rings (SSSR count). The molecule has 0 aromatic rings. The molecule has 1 amide bonds. The highest BCUT2D eigenvalue weighted by atomic mass is 33.1. The second-order valence-electron chi connectivity index (χ2n) is 3.27. The van der Waals surface area contributed by atoms with E-state index in [4.69, 9.17) is 5.11 Å². The maximum Gasteiger partial charge on any atom is 0.322 e. The Hall–Kier alpha value is -0.360. The molecule has 2 N–H and O–H groups in total. The van der Waals surface area contributed by atoms with Gasteiger partial charge in [-0.05, 0) is 6.42 Å². The van der Waals surface area contributed by atoms with E-state index in [1.54, 1.807) is 0 Å². The maximum absolute atomic E-state index is 9.97. The molecule has 0 atom stereocenters. The molecular formula is C12H27NO3S2. The summed E-state index contributed by atoms with van der Waals surface area (Å²) in [5, 5.41) is 10.8. The smallest absolute Gasteiger partial charge is 0.322 e. The first-order valence-electron chi connectivity index (χ1n) is 6.14. The van der Waals surface area contributed by atoms with E-state index in [1.807, 2.05) is 35.4 Å². The van der Waals surface area contributed by atoms with Crippen molar-refractivity contribution in [3.63, 3.8) is 0 Å². The monoisotopic (exact) mass is 297 g/mol. The second-order valence-corrected chi connectivity index (χ2v) is 6.33. The summed E-state index contributed by atoms with van der Waals surface area (Å²) in [6.45, 7) is 11.6. The Balaban J connectivity index is -0.000000219. The van der Waals surface area contributed by atoms with Crippen molar-refractivity contribution in [2.24, 2.45) is 0 Å². The highest BCUT2D eigenvalue weighted by Gasteiger charge is 1.94. The molecule has 0 aromatic carbocycles. The number of hydrogen-bond acceptors (Lipinski definition) is 4. The van der Waals surface area contributed by atoms with Crippen LogP contribution in [0.25, 0.3) is 0 Å². The van der Waals surface area contributed by atoms with Crippen LogP contribution >= 0.6 is 21.6 Å². The fourth-order valence-corrected chi connectivity index (χ4v) is 2.61. The number of carbonyl (C=O) groups excluding carboxylic acids is 1. The molecule has 0 aliphatic carbocycles. The zero-order valence-corrected chi connectivity index (χ0v) is 13.9. The van der Waals surface area contributed by atoms with Crippen molar-refractivity contribution >= 4 is 33.5 Å². The van der Waals surface area contributed by atoms with E-state index < -0.39 is 5.97 Å². The van der Waals surface area contributed by atoms with Gasteiger partial charge in [-0.15, -0.1) is 0 Å². The first kappa shape index (κ1) is 22.8. The van der Waals surface area contributed by atoms with Crippen LogP contribution in [0.5, 0.6) is 0 Å². The Labute approximate surface area is 119 Å². The summed E-state index contributed by atoms with van der Waals surface area (Å²) in [4.78, 5) is 19.7. The molecule has 0 aromatic heterocycles. The summed E-state index contributed by atoms with van der Waals surface area (Å²) in [5.74, 6) is -0.0596. The number of aliphatic carboxylic acids is 1. The van der Waals surface area contributed by atoms with Crippen molar-refractivity contribution in [1.29, 1.82) is 0 Å². The van der Waals surface area contributed by atoms with Crippen LogP contribution in [0, 0.1) is 0 Å². The normalized spacial score (nSPS) is 8.61. The molecule has 0 saturated heterocycles. The van der Waals surface area contributed by atoms with E-state index in [1.165, 1.54) is 19.1 Å². The zero-order chi connectivity index (χ0) is 15.0. The summed E-state index contributed by atoms with van der Waals surface area (Å²) in [7, 11) is 3.95. The van der Waals surface area contributed by atoms with Crippen molar-refractivity contribution in [3.8, 4) is 0 Å².